The Morgan fingerprint density at radius 1 is 1.35 bits per heavy atom. The molecular weight excluding hydrogens is 434 g/mol. The number of benzene rings is 1. The van der Waals surface area contributed by atoms with Crippen molar-refractivity contribution < 1.29 is 14.3 Å². The van der Waals surface area contributed by atoms with Crippen molar-refractivity contribution >= 4 is 35.0 Å². The third-order valence-electron chi connectivity index (χ3n) is 6.63. The number of fused-ring (bicyclic) bond motifs is 1. The number of rotatable bonds is 5. The van der Waals surface area contributed by atoms with E-state index in [9.17, 15) is 9.59 Å². The number of hydrogen-bond acceptors (Lipinski definition) is 8. The summed E-state index contributed by atoms with van der Waals surface area (Å²) in [6.07, 6.45) is 2.70. The zero-order chi connectivity index (χ0) is 24.6. The molecule has 2 amide bonds. The molecule has 10 heteroatoms. The van der Waals surface area contributed by atoms with Crippen LogP contribution in [0.2, 0.25) is 0 Å². The van der Waals surface area contributed by atoms with Crippen molar-refractivity contribution in [2.45, 2.75) is 26.3 Å². The second-order valence-electron chi connectivity index (χ2n) is 9.43. The van der Waals surface area contributed by atoms with Crippen LogP contribution in [-0.4, -0.2) is 75.7 Å². The van der Waals surface area contributed by atoms with Gasteiger partial charge in [-0.25, -0.2) is 4.98 Å². The maximum atomic E-state index is 13.2. The fourth-order valence-electron chi connectivity index (χ4n) is 4.65. The maximum absolute atomic E-state index is 13.2. The van der Waals surface area contributed by atoms with Crippen LogP contribution in [0.1, 0.15) is 30.6 Å². The summed E-state index contributed by atoms with van der Waals surface area (Å²) in [6.45, 7) is 6.31. The number of amides is 2. The molecule has 1 saturated heterocycles. The normalized spacial score (nSPS) is 19.5. The van der Waals surface area contributed by atoms with Gasteiger partial charge in [-0.15, -0.1) is 0 Å². The first-order chi connectivity index (χ1) is 16.2. The fourth-order valence-corrected chi connectivity index (χ4v) is 4.65. The van der Waals surface area contributed by atoms with Crippen LogP contribution in [0.15, 0.2) is 24.4 Å². The first-order valence-electron chi connectivity index (χ1n) is 11.4. The molecule has 34 heavy (non-hydrogen) atoms. The van der Waals surface area contributed by atoms with E-state index < -0.39 is 5.41 Å². The lowest BCUT2D eigenvalue weighted by Crippen LogP contribution is -2.46. The molecule has 0 unspecified atom stereocenters. The highest BCUT2D eigenvalue weighted by Gasteiger charge is 2.41. The van der Waals surface area contributed by atoms with Crippen molar-refractivity contribution in [1.82, 2.24) is 20.6 Å². The SMILES string of the molecule is CNC(=O)c1ccc(N(C)c2ncc3c(n2)N([C@@H]2CCNC2)CC(C)(C)C(=O)N3C)c(OC)c1. The minimum atomic E-state index is -0.566. The first-order valence-corrected chi connectivity index (χ1v) is 11.4. The van der Waals surface area contributed by atoms with Gasteiger partial charge in [0.15, 0.2) is 5.82 Å². The molecule has 2 N–H and O–H groups in total. The van der Waals surface area contributed by atoms with E-state index in [1.54, 1.807) is 44.4 Å². The van der Waals surface area contributed by atoms with Gasteiger partial charge in [-0.1, -0.05) is 0 Å². The van der Waals surface area contributed by atoms with Gasteiger partial charge in [0.05, 0.1) is 24.4 Å². The molecule has 1 aromatic heterocycles. The highest BCUT2D eigenvalue weighted by molar-refractivity contribution is 6.01. The number of anilines is 4. The molecule has 0 saturated carbocycles. The number of hydrogen-bond donors (Lipinski definition) is 2. The summed E-state index contributed by atoms with van der Waals surface area (Å²) >= 11 is 0. The van der Waals surface area contributed by atoms with E-state index in [0.29, 0.717) is 29.5 Å². The Balaban J connectivity index is 1.78. The van der Waals surface area contributed by atoms with Gasteiger partial charge in [0.25, 0.3) is 5.91 Å². The van der Waals surface area contributed by atoms with Crippen molar-refractivity contribution in [2.75, 3.05) is 62.6 Å². The van der Waals surface area contributed by atoms with Crippen LogP contribution in [-0.2, 0) is 4.79 Å². The Bertz CT molecular complexity index is 1100. The van der Waals surface area contributed by atoms with Crippen molar-refractivity contribution in [3.05, 3.63) is 30.0 Å². The molecular formula is C24H33N7O3. The molecule has 1 fully saturated rings. The van der Waals surface area contributed by atoms with Crippen LogP contribution >= 0.6 is 0 Å². The van der Waals surface area contributed by atoms with Gasteiger partial charge in [-0.3, -0.25) is 9.59 Å². The number of nitrogens with one attached hydrogen (secondary N) is 2. The van der Waals surface area contributed by atoms with E-state index in [4.69, 9.17) is 9.72 Å². The van der Waals surface area contributed by atoms with E-state index in [2.05, 4.69) is 20.5 Å². The van der Waals surface area contributed by atoms with Crippen molar-refractivity contribution in [3.63, 3.8) is 0 Å². The van der Waals surface area contributed by atoms with Gasteiger partial charge in [0, 0.05) is 45.8 Å². The van der Waals surface area contributed by atoms with Gasteiger partial charge >= 0.3 is 0 Å². The maximum Gasteiger partial charge on any atom is 0.251 e. The lowest BCUT2D eigenvalue weighted by atomic mass is 9.91. The molecule has 2 aliphatic heterocycles. The smallest absolute Gasteiger partial charge is 0.251 e. The summed E-state index contributed by atoms with van der Waals surface area (Å²) < 4.78 is 5.57. The largest absolute Gasteiger partial charge is 0.495 e. The lowest BCUT2D eigenvalue weighted by molar-refractivity contribution is -0.125. The third-order valence-corrected chi connectivity index (χ3v) is 6.63. The van der Waals surface area contributed by atoms with Crippen LogP contribution in [0.3, 0.4) is 0 Å². The predicted octanol–water partition coefficient (Wildman–Crippen LogP) is 1.78. The number of ether oxygens (including phenoxy) is 1. The van der Waals surface area contributed by atoms with Gasteiger partial charge in [-0.2, -0.15) is 4.98 Å². The van der Waals surface area contributed by atoms with E-state index in [1.807, 2.05) is 31.9 Å². The zero-order valence-electron chi connectivity index (χ0n) is 20.7. The molecule has 1 atom stereocenters. The van der Waals surface area contributed by atoms with Gasteiger partial charge in [0.1, 0.15) is 11.4 Å². The minimum Gasteiger partial charge on any atom is -0.495 e. The summed E-state index contributed by atoms with van der Waals surface area (Å²) in [5, 5.41) is 6.05. The predicted molar refractivity (Wildman–Crippen MR) is 132 cm³/mol. The molecule has 0 aliphatic carbocycles. The van der Waals surface area contributed by atoms with Crippen LogP contribution in [0.25, 0.3) is 0 Å². The molecule has 0 radical (unpaired) electrons. The van der Waals surface area contributed by atoms with E-state index in [1.165, 1.54) is 0 Å². The fraction of sp³-hybridized carbons (Fsp3) is 0.500. The summed E-state index contributed by atoms with van der Waals surface area (Å²) in [5.74, 6) is 1.60. The van der Waals surface area contributed by atoms with E-state index in [0.717, 1.165) is 31.0 Å². The lowest BCUT2D eigenvalue weighted by Gasteiger charge is -2.34. The Morgan fingerprint density at radius 3 is 2.76 bits per heavy atom. The third kappa shape index (κ3) is 4.13. The molecule has 0 spiro atoms. The minimum absolute atomic E-state index is 0.0402. The van der Waals surface area contributed by atoms with Crippen LogP contribution in [0.4, 0.5) is 23.1 Å². The van der Waals surface area contributed by atoms with Crippen molar-refractivity contribution in [2.24, 2.45) is 5.41 Å². The van der Waals surface area contributed by atoms with Gasteiger partial charge in [-0.05, 0) is 45.0 Å². The number of nitrogens with zero attached hydrogens (tertiary/aromatic N) is 5. The second-order valence-corrected chi connectivity index (χ2v) is 9.43. The number of methoxy groups -OCH3 is 1. The first kappa shape index (κ1) is 23.7. The molecule has 10 nitrogen and oxygen atoms in total. The Morgan fingerprint density at radius 2 is 2.12 bits per heavy atom. The molecule has 1 aromatic carbocycles. The molecule has 2 aliphatic rings. The van der Waals surface area contributed by atoms with E-state index >= 15 is 0 Å². The Labute approximate surface area is 200 Å². The summed E-state index contributed by atoms with van der Waals surface area (Å²) in [5.41, 5.74) is 1.36. The quantitative estimate of drug-likeness (QED) is 0.686. The van der Waals surface area contributed by atoms with E-state index in [-0.39, 0.29) is 17.9 Å². The highest BCUT2D eigenvalue weighted by atomic mass is 16.5. The number of carbonyl (C=O) groups excluding carboxylic acids is 2. The number of aromatic nitrogens is 2. The molecule has 182 valence electrons. The summed E-state index contributed by atoms with van der Waals surface area (Å²) in [4.78, 5) is 40.5. The molecule has 3 heterocycles. The average molecular weight is 468 g/mol. The van der Waals surface area contributed by atoms with Crippen LogP contribution < -0.4 is 30.1 Å². The Kier molecular flexibility index (Phi) is 6.35. The average Bonchev–Trinajstić information content (AvgIpc) is 3.37. The topological polar surface area (TPSA) is 103 Å². The van der Waals surface area contributed by atoms with Crippen LogP contribution in [0, 0.1) is 5.41 Å². The van der Waals surface area contributed by atoms with Crippen LogP contribution in [0.5, 0.6) is 5.75 Å². The molecule has 2 aromatic rings. The number of carbonyl (C=O) groups is 2. The van der Waals surface area contributed by atoms with Gasteiger partial charge in [0.2, 0.25) is 11.9 Å². The zero-order valence-corrected chi connectivity index (χ0v) is 20.7. The molecule has 0 bridgehead atoms. The molecule has 4 rings (SSSR count). The van der Waals surface area contributed by atoms with Crippen molar-refractivity contribution in [1.29, 1.82) is 0 Å². The Hall–Kier alpha value is -3.40. The monoisotopic (exact) mass is 467 g/mol. The summed E-state index contributed by atoms with van der Waals surface area (Å²) in [6, 6.07) is 5.49. The summed E-state index contributed by atoms with van der Waals surface area (Å²) in [7, 11) is 6.80. The van der Waals surface area contributed by atoms with Crippen molar-refractivity contribution in [3.8, 4) is 5.75 Å². The highest BCUT2D eigenvalue weighted by Crippen LogP contribution is 2.40. The van der Waals surface area contributed by atoms with Gasteiger partial charge < -0.3 is 30.1 Å². The second kappa shape index (κ2) is 9.09. The standard InChI is InChI=1S/C24H33N7O3/c1-24(2)14-31(16-9-10-26-12-16)20-18(29(4)22(24)33)13-27-23(28-20)30(5)17-8-7-15(21(32)25-3)11-19(17)34-6/h7-8,11,13,16,26H,9-10,12,14H2,1-6H3,(H,25,32)/t16-/m1/s1.